The van der Waals surface area contributed by atoms with Crippen LogP contribution >= 0.6 is 11.6 Å². The van der Waals surface area contributed by atoms with E-state index in [2.05, 4.69) is 26.1 Å². The van der Waals surface area contributed by atoms with Gasteiger partial charge in [0.1, 0.15) is 0 Å². The average molecular weight is 178 g/mol. The molecule has 0 saturated heterocycles. The molecule has 1 nitrogen and oxygen atoms in total. The van der Waals surface area contributed by atoms with Gasteiger partial charge in [-0.05, 0) is 19.8 Å². The molecule has 0 aromatic carbocycles. The summed E-state index contributed by atoms with van der Waals surface area (Å²) in [5, 5.41) is 3.49. The molecule has 1 N–H and O–H groups in total. The van der Waals surface area contributed by atoms with E-state index in [1.54, 1.807) is 0 Å². The highest BCUT2D eigenvalue weighted by atomic mass is 35.5. The zero-order chi connectivity index (χ0) is 8.69. The predicted molar refractivity (Wildman–Crippen MR) is 52.3 cm³/mol. The summed E-state index contributed by atoms with van der Waals surface area (Å²) in [6.45, 7) is 6.59. The van der Waals surface area contributed by atoms with Gasteiger partial charge in [0.2, 0.25) is 0 Å². The molecule has 0 aliphatic heterocycles. The van der Waals surface area contributed by atoms with Gasteiger partial charge < -0.3 is 5.32 Å². The van der Waals surface area contributed by atoms with Crippen LogP contribution in [0.2, 0.25) is 0 Å². The Labute approximate surface area is 75.5 Å². The van der Waals surface area contributed by atoms with Crippen molar-refractivity contribution in [3.8, 4) is 0 Å². The maximum absolute atomic E-state index is 5.75. The first-order chi connectivity index (χ1) is 5.24. The number of nitrogens with one attached hydrogen (secondary N) is 1. The van der Waals surface area contributed by atoms with Gasteiger partial charge in [-0.1, -0.05) is 20.3 Å². The predicted octanol–water partition coefficient (Wildman–Crippen LogP) is 2.78. The molecule has 0 rings (SSSR count). The second-order valence-corrected chi connectivity index (χ2v) is 3.42. The van der Waals surface area contributed by atoms with E-state index in [-0.39, 0.29) is 0 Å². The number of rotatable bonds is 6. The Morgan fingerprint density at radius 1 is 1.36 bits per heavy atom. The van der Waals surface area contributed by atoms with E-state index in [1.165, 1.54) is 12.8 Å². The van der Waals surface area contributed by atoms with Crippen molar-refractivity contribution in [1.29, 1.82) is 0 Å². The summed E-state index contributed by atoms with van der Waals surface area (Å²) < 4.78 is 0. The lowest BCUT2D eigenvalue weighted by Crippen LogP contribution is -2.37. The molecule has 0 fully saturated rings. The second-order valence-electron chi connectivity index (χ2n) is 3.12. The van der Waals surface area contributed by atoms with Crippen LogP contribution in [0.25, 0.3) is 0 Å². The monoisotopic (exact) mass is 177 g/mol. The molecule has 2 heteroatoms. The molecule has 11 heavy (non-hydrogen) atoms. The Bertz CT molecular complexity index is 81.6. The van der Waals surface area contributed by atoms with Crippen LogP contribution in [0.1, 0.15) is 40.0 Å². The summed E-state index contributed by atoms with van der Waals surface area (Å²) in [6.07, 6.45) is 3.61. The lowest BCUT2D eigenvalue weighted by Gasteiger charge is -2.19. The molecule has 0 aromatic heterocycles. The van der Waals surface area contributed by atoms with Crippen LogP contribution in [0.3, 0.4) is 0 Å². The van der Waals surface area contributed by atoms with Crippen LogP contribution in [-0.2, 0) is 0 Å². The van der Waals surface area contributed by atoms with Gasteiger partial charge in [0, 0.05) is 18.0 Å². The topological polar surface area (TPSA) is 12.0 Å². The van der Waals surface area contributed by atoms with E-state index in [4.69, 9.17) is 11.6 Å². The highest BCUT2D eigenvalue weighted by Gasteiger charge is 2.07. The molecular weight excluding hydrogens is 158 g/mol. The number of alkyl halides is 1. The fourth-order valence-corrected chi connectivity index (χ4v) is 1.50. The standard InChI is InChI=1S/C9H20ClN/c1-4-6-8(3)11-9(5-2)7-10/h8-9,11H,4-7H2,1-3H3. The summed E-state index contributed by atoms with van der Waals surface area (Å²) >= 11 is 5.75. The lowest BCUT2D eigenvalue weighted by molar-refractivity contribution is 0.438. The van der Waals surface area contributed by atoms with Gasteiger partial charge in [0.05, 0.1) is 0 Å². The van der Waals surface area contributed by atoms with Crippen molar-refractivity contribution in [2.45, 2.75) is 52.1 Å². The Hall–Kier alpha value is 0.250. The van der Waals surface area contributed by atoms with Gasteiger partial charge in [-0.15, -0.1) is 11.6 Å². The Morgan fingerprint density at radius 2 is 2.00 bits per heavy atom. The molecular formula is C9H20ClN. The molecule has 0 radical (unpaired) electrons. The van der Waals surface area contributed by atoms with Crippen molar-refractivity contribution < 1.29 is 0 Å². The highest BCUT2D eigenvalue weighted by molar-refractivity contribution is 6.18. The minimum atomic E-state index is 0.498. The minimum absolute atomic E-state index is 0.498. The summed E-state index contributed by atoms with van der Waals surface area (Å²) in [5.41, 5.74) is 0. The first kappa shape index (κ1) is 11.2. The van der Waals surface area contributed by atoms with Crippen LogP contribution in [0.15, 0.2) is 0 Å². The normalized spacial score (nSPS) is 16.4. The smallest absolute Gasteiger partial charge is 0.0377 e. The Balaban J connectivity index is 3.44. The highest BCUT2D eigenvalue weighted by Crippen LogP contribution is 2.00. The third-order valence-corrected chi connectivity index (χ3v) is 2.29. The van der Waals surface area contributed by atoms with E-state index in [1.807, 2.05) is 0 Å². The van der Waals surface area contributed by atoms with E-state index >= 15 is 0 Å². The fourth-order valence-electron chi connectivity index (χ4n) is 1.19. The van der Waals surface area contributed by atoms with Crippen molar-refractivity contribution in [2.75, 3.05) is 5.88 Å². The van der Waals surface area contributed by atoms with Crippen LogP contribution in [0, 0.1) is 0 Å². The van der Waals surface area contributed by atoms with Crippen LogP contribution in [0.5, 0.6) is 0 Å². The molecule has 0 amide bonds. The third kappa shape index (κ3) is 5.51. The number of halogens is 1. The first-order valence-electron chi connectivity index (χ1n) is 4.56. The zero-order valence-corrected chi connectivity index (χ0v) is 8.62. The first-order valence-corrected chi connectivity index (χ1v) is 5.10. The van der Waals surface area contributed by atoms with Gasteiger partial charge in [-0.3, -0.25) is 0 Å². The van der Waals surface area contributed by atoms with Crippen LogP contribution in [0.4, 0.5) is 0 Å². The number of hydrogen-bond acceptors (Lipinski definition) is 1. The van der Waals surface area contributed by atoms with Crippen molar-refractivity contribution in [1.82, 2.24) is 5.32 Å². The van der Waals surface area contributed by atoms with E-state index in [9.17, 15) is 0 Å². The molecule has 0 aliphatic carbocycles. The van der Waals surface area contributed by atoms with E-state index in [0.29, 0.717) is 12.1 Å². The Kier molecular flexibility index (Phi) is 7.09. The second kappa shape index (κ2) is 6.93. The van der Waals surface area contributed by atoms with Crippen LogP contribution in [-0.4, -0.2) is 18.0 Å². The summed E-state index contributed by atoms with van der Waals surface area (Å²) in [4.78, 5) is 0. The summed E-state index contributed by atoms with van der Waals surface area (Å²) in [6, 6.07) is 1.11. The van der Waals surface area contributed by atoms with Gasteiger partial charge in [-0.25, -0.2) is 0 Å². The largest absolute Gasteiger partial charge is 0.310 e. The molecule has 0 heterocycles. The van der Waals surface area contributed by atoms with Crippen molar-refractivity contribution >= 4 is 11.6 Å². The minimum Gasteiger partial charge on any atom is -0.310 e. The molecule has 2 atom stereocenters. The van der Waals surface area contributed by atoms with Gasteiger partial charge in [-0.2, -0.15) is 0 Å². The molecule has 2 unspecified atom stereocenters. The van der Waals surface area contributed by atoms with Gasteiger partial charge >= 0.3 is 0 Å². The SMILES string of the molecule is CCCC(C)NC(CC)CCl. The van der Waals surface area contributed by atoms with Crippen molar-refractivity contribution in [2.24, 2.45) is 0 Å². The molecule has 0 bridgehead atoms. The summed E-state index contributed by atoms with van der Waals surface area (Å²) in [7, 11) is 0. The maximum Gasteiger partial charge on any atom is 0.0377 e. The molecule has 0 aliphatic rings. The quantitative estimate of drug-likeness (QED) is 0.616. The Morgan fingerprint density at radius 3 is 2.36 bits per heavy atom. The van der Waals surface area contributed by atoms with E-state index in [0.717, 1.165) is 12.3 Å². The zero-order valence-electron chi connectivity index (χ0n) is 7.86. The van der Waals surface area contributed by atoms with Crippen molar-refractivity contribution in [3.05, 3.63) is 0 Å². The van der Waals surface area contributed by atoms with Crippen molar-refractivity contribution in [3.63, 3.8) is 0 Å². The summed E-state index contributed by atoms with van der Waals surface area (Å²) in [5.74, 6) is 0.727. The van der Waals surface area contributed by atoms with Gasteiger partial charge in [0.15, 0.2) is 0 Å². The molecule has 0 aromatic rings. The molecule has 0 saturated carbocycles. The maximum atomic E-state index is 5.75. The third-order valence-electron chi connectivity index (χ3n) is 1.92. The fraction of sp³-hybridized carbons (Fsp3) is 1.00. The molecule has 68 valence electrons. The lowest BCUT2D eigenvalue weighted by atomic mass is 10.1. The van der Waals surface area contributed by atoms with Crippen LogP contribution < -0.4 is 5.32 Å². The average Bonchev–Trinajstić information content (AvgIpc) is 2.01. The molecule has 0 spiro atoms. The van der Waals surface area contributed by atoms with E-state index < -0.39 is 0 Å². The van der Waals surface area contributed by atoms with Gasteiger partial charge in [0.25, 0.3) is 0 Å². The number of hydrogen-bond donors (Lipinski definition) is 1.